The number of non-ortho nitro benzene ring substituents is 1. The van der Waals surface area contributed by atoms with E-state index in [2.05, 4.69) is 36.4 Å². The van der Waals surface area contributed by atoms with E-state index in [0.717, 1.165) is 0 Å². The summed E-state index contributed by atoms with van der Waals surface area (Å²) < 4.78 is 0. The molecule has 254 valence electrons. The molecule has 6 aromatic rings. The molecule has 0 unspecified atom stereocenters. The number of carbonyl (C=O) groups is 3. The molecule has 3 amide bonds. The van der Waals surface area contributed by atoms with E-state index in [0.29, 0.717) is 34.1 Å². The van der Waals surface area contributed by atoms with Crippen LogP contribution in [0.4, 0.5) is 45.5 Å². The summed E-state index contributed by atoms with van der Waals surface area (Å²) in [7, 11) is 0. The lowest BCUT2D eigenvalue weighted by molar-refractivity contribution is -0.384. The number of carbonyl (C=O) groups excluding carboxylic acids is 3. The van der Waals surface area contributed by atoms with Crippen molar-refractivity contribution in [1.29, 1.82) is 0 Å². The minimum Gasteiger partial charge on any atom is -0.322 e. The van der Waals surface area contributed by atoms with Crippen LogP contribution < -0.4 is 16.0 Å². The predicted octanol–water partition coefficient (Wildman–Crippen LogP) is 10.2. The molecule has 0 radical (unpaired) electrons. The molecule has 0 atom stereocenters. The Balaban J connectivity index is 1.20. The van der Waals surface area contributed by atoms with Gasteiger partial charge in [0.05, 0.1) is 27.7 Å². The van der Waals surface area contributed by atoms with Gasteiger partial charge in [-0.3, -0.25) is 24.5 Å². The molecule has 0 aliphatic carbocycles. The van der Waals surface area contributed by atoms with E-state index in [1.54, 1.807) is 48.5 Å². The molecule has 0 saturated carbocycles. The van der Waals surface area contributed by atoms with E-state index in [1.807, 2.05) is 60.7 Å². The van der Waals surface area contributed by atoms with Gasteiger partial charge in [-0.2, -0.15) is 20.5 Å². The number of amides is 3. The first-order valence-corrected chi connectivity index (χ1v) is 15.8. The summed E-state index contributed by atoms with van der Waals surface area (Å²) in [6.45, 7) is 0. The Bertz CT molecular complexity index is 2150. The SMILES string of the molecule is O=C(Nc1cc(C(=O)Nc2ccc(N=Nc3ccccc3)cc2)cc(C(=O)Nc2ccc(N=Nc3ccccc3)cc2)c1)c1ccc([N+](=O)[O-])cc1. The Morgan fingerprint density at radius 3 is 1.19 bits per heavy atom. The van der Waals surface area contributed by atoms with Gasteiger partial charge in [0.15, 0.2) is 0 Å². The fraction of sp³-hybridized carbons (Fsp3) is 0. The molecule has 0 heterocycles. The number of azo groups is 2. The third kappa shape index (κ3) is 9.27. The van der Waals surface area contributed by atoms with Gasteiger partial charge in [-0.1, -0.05) is 36.4 Å². The lowest BCUT2D eigenvalue weighted by atomic mass is 10.1. The predicted molar refractivity (Wildman–Crippen MR) is 198 cm³/mol. The second-order valence-corrected chi connectivity index (χ2v) is 11.1. The number of benzene rings is 6. The van der Waals surface area contributed by atoms with Crippen LogP contribution in [0.3, 0.4) is 0 Å². The summed E-state index contributed by atoms with van der Waals surface area (Å²) >= 11 is 0. The maximum Gasteiger partial charge on any atom is 0.269 e. The summed E-state index contributed by atoms with van der Waals surface area (Å²) in [6.07, 6.45) is 0. The molecule has 0 aliphatic rings. The molecule has 0 saturated heterocycles. The summed E-state index contributed by atoms with van der Waals surface area (Å²) in [6, 6.07) is 41.2. The van der Waals surface area contributed by atoms with Gasteiger partial charge in [-0.05, 0) is 103 Å². The Labute approximate surface area is 296 Å². The topological polar surface area (TPSA) is 180 Å². The van der Waals surface area contributed by atoms with Gasteiger partial charge >= 0.3 is 0 Å². The van der Waals surface area contributed by atoms with Crippen LogP contribution in [0.25, 0.3) is 0 Å². The molecule has 0 fully saturated rings. The van der Waals surface area contributed by atoms with Gasteiger partial charge in [0.25, 0.3) is 23.4 Å². The second-order valence-electron chi connectivity index (χ2n) is 11.1. The van der Waals surface area contributed by atoms with Crippen molar-refractivity contribution in [2.75, 3.05) is 16.0 Å². The van der Waals surface area contributed by atoms with Gasteiger partial charge in [0.2, 0.25) is 0 Å². The lowest BCUT2D eigenvalue weighted by Crippen LogP contribution is -2.18. The highest BCUT2D eigenvalue weighted by molar-refractivity contribution is 6.11. The van der Waals surface area contributed by atoms with Crippen LogP contribution in [-0.4, -0.2) is 22.6 Å². The molecule has 52 heavy (non-hydrogen) atoms. The summed E-state index contributed by atoms with van der Waals surface area (Å²) in [5.41, 5.74) is 3.73. The molecule has 13 heteroatoms. The van der Waals surface area contributed by atoms with Crippen LogP contribution in [0.2, 0.25) is 0 Å². The van der Waals surface area contributed by atoms with Gasteiger partial charge < -0.3 is 16.0 Å². The molecule has 13 nitrogen and oxygen atoms in total. The summed E-state index contributed by atoms with van der Waals surface area (Å²) in [5.74, 6) is -1.70. The molecular weight excluding hydrogens is 660 g/mol. The number of nitro benzene ring substituents is 1. The first-order valence-electron chi connectivity index (χ1n) is 15.8. The molecule has 6 rings (SSSR count). The average Bonchev–Trinajstić information content (AvgIpc) is 3.18. The number of nitrogens with zero attached hydrogens (tertiary/aromatic N) is 5. The third-order valence-electron chi connectivity index (χ3n) is 7.38. The smallest absolute Gasteiger partial charge is 0.269 e. The van der Waals surface area contributed by atoms with Crippen molar-refractivity contribution in [3.63, 3.8) is 0 Å². The second kappa shape index (κ2) is 16.2. The van der Waals surface area contributed by atoms with Crippen molar-refractivity contribution in [3.8, 4) is 0 Å². The molecule has 0 spiro atoms. The van der Waals surface area contributed by atoms with Gasteiger partial charge in [-0.25, -0.2) is 0 Å². The fourth-order valence-corrected chi connectivity index (χ4v) is 4.75. The summed E-state index contributed by atoms with van der Waals surface area (Å²) in [5, 5.41) is 36.1. The van der Waals surface area contributed by atoms with E-state index in [9.17, 15) is 24.5 Å². The number of hydrogen-bond acceptors (Lipinski definition) is 9. The minimum absolute atomic E-state index is 0.0798. The standard InChI is InChI=1S/C39H28N8O5/c48-37(26-11-21-36(22-12-26)47(51)52)42-35-24-27(38(49)40-29-13-17-33(18-14-29)45-43-31-7-3-1-4-8-31)23-28(25-35)39(50)41-30-15-19-34(20-16-30)46-44-32-9-5-2-6-10-32/h1-25H,(H,40,49)(H,41,50)(H,42,48). The van der Waals surface area contributed by atoms with Crippen molar-refractivity contribution in [2.24, 2.45) is 20.5 Å². The molecule has 0 aliphatic heterocycles. The Kier molecular flexibility index (Phi) is 10.6. The Morgan fingerprint density at radius 2 is 0.788 bits per heavy atom. The summed E-state index contributed by atoms with van der Waals surface area (Å²) in [4.78, 5) is 50.5. The zero-order valence-corrected chi connectivity index (χ0v) is 27.2. The van der Waals surface area contributed by atoms with E-state index in [-0.39, 0.29) is 28.1 Å². The number of hydrogen-bond donors (Lipinski definition) is 3. The quantitative estimate of drug-likeness (QED) is 0.0694. The van der Waals surface area contributed by atoms with E-state index >= 15 is 0 Å². The molecule has 3 N–H and O–H groups in total. The zero-order chi connectivity index (χ0) is 36.3. The highest BCUT2D eigenvalue weighted by atomic mass is 16.6. The van der Waals surface area contributed by atoms with Gasteiger partial charge in [-0.15, -0.1) is 0 Å². The van der Waals surface area contributed by atoms with Gasteiger partial charge in [0, 0.05) is 45.9 Å². The van der Waals surface area contributed by atoms with E-state index in [4.69, 9.17) is 0 Å². The first-order chi connectivity index (χ1) is 25.3. The molecule has 0 bridgehead atoms. The number of nitrogens with one attached hydrogen (secondary N) is 3. The van der Waals surface area contributed by atoms with E-state index in [1.165, 1.54) is 42.5 Å². The average molecular weight is 689 g/mol. The van der Waals surface area contributed by atoms with Crippen LogP contribution in [-0.2, 0) is 0 Å². The third-order valence-corrected chi connectivity index (χ3v) is 7.38. The van der Waals surface area contributed by atoms with Crippen LogP contribution >= 0.6 is 0 Å². The highest BCUT2D eigenvalue weighted by Gasteiger charge is 2.17. The number of rotatable bonds is 11. The fourth-order valence-electron chi connectivity index (χ4n) is 4.75. The minimum atomic E-state index is -0.598. The zero-order valence-electron chi connectivity index (χ0n) is 27.2. The Hall–Kier alpha value is -7.67. The lowest BCUT2D eigenvalue weighted by Gasteiger charge is -2.12. The van der Waals surface area contributed by atoms with Crippen LogP contribution in [0.15, 0.2) is 172 Å². The maximum absolute atomic E-state index is 13.5. The highest BCUT2D eigenvalue weighted by Crippen LogP contribution is 2.24. The van der Waals surface area contributed by atoms with Gasteiger partial charge in [0.1, 0.15) is 0 Å². The monoisotopic (exact) mass is 688 g/mol. The van der Waals surface area contributed by atoms with Crippen molar-refractivity contribution in [2.45, 2.75) is 0 Å². The molecule has 0 aromatic heterocycles. The molecular formula is C39H28N8O5. The van der Waals surface area contributed by atoms with Crippen molar-refractivity contribution in [3.05, 3.63) is 178 Å². The van der Waals surface area contributed by atoms with Crippen LogP contribution in [0.5, 0.6) is 0 Å². The van der Waals surface area contributed by atoms with Crippen molar-refractivity contribution < 1.29 is 19.3 Å². The first kappa shape index (κ1) is 34.2. The van der Waals surface area contributed by atoms with Crippen LogP contribution in [0, 0.1) is 10.1 Å². The largest absolute Gasteiger partial charge is 0.322 e. The van der Waals surface area contributed by atoms with E-state index < -0.39 is 22.6 Å². The van der Waals surface area contributed by atoms with Crippen molar-refractivity contribution >= 4 is 63.2 Å². The number of nitro groups is 1. The normalized spacial score (nSPS) is 10.9. The number of anilines is 3. The Morgan fingerprint density at radius 1 is 0.423 bits per heavy atom. The van der Waals surface area contributed by atoms with Crippen molar-refractivity contribution in [1.82, 2.24) is 0 Å². The molecule has 6 aromatic carbocycles. The van der Waals surface area contributed by atoms with Crippen LogP contribution in [0.1, 0.15) is 31.1 Å². The maximum atomic E-state index is 13.5.